The molecule has 0 bridgehead atoms. The summed E-state index contributed by atoms with van der Waals surface area (Å²) >= 11 is 1.84. The Kier molecular flexibility index (Phi) is 4.87. The lowest BCUT2D eigenvalue weighted by molar-refractivity contribution is 0.668. The number of hydrogen-bond donors (Lipinski definition) is 0. The fourth-order valence-electron chi connectivity index (χ4n) is 6.89. The van der Waals surface area contributed by atoms with Crippen molar-refractivity contribution in [2.24, 2.45) is 0 Å². The molecular formula is C40H23NO2S. The Bertz CT molecular complexity index is 2750. The molecule has 0 aliphatic heterocycles. The highest BCUT2D eigenvalue weighted by Crippen LogP contribution is 2.45. The first-order chi connectivity index (χ1) is 21.8. The van der Waals surface area contributed by atoms with Crippen LogP contribution in [0.1, 0.15) is 0 Å². The highest BCUT2D eigenvalue weighted by Gasteiger charge is 2.20. The number of furan rings is 2. The van der Waals surface area contributed by atoms with Crippen molar-refractivity contribution in [2.75, 3.05) is 4.90 Å². The Hall–Kier alpha value is -5.58. The highest BCUT2D eigenvalue weighted by molar-refractivity contribution is 7.25. The van der Waals surface area contributed by atoms with E-state index in [4.69, 9.17) is 8.83 Å². The number of hydrogen-bond acceptors (Lipinski definition) is 4. The van der Waals surface area contributed by atoms with Crippen molar-refractivity contribution in [2.45, 2.75) is 0 Å². The molecule has 10 rings (SSSR count). The van der Waals surface area contributed by atoms with E-state index < -0.39 is 0 Å². The third-order valence-corrected chi connectivity index (χ3v) is 9.99. The van der Waals surface area contributed by atoms with Crippen LogP contribution in [0.5, 0.6) is 0 Å². The normalized spacial score (nSPS) is 12.1. The predicted octanol–water partition coefficient (Wildman–Crippen LogP) is 12.5. The third kappa shape index (κ3) is 3.37. The zero-order chi connectivity index (χ0) is 28.8. The maximum atomic E-state index is 6.26. The molecule has 3 heterocycles. The lowest BCUT2D eigenvalue weighted by Gasteiger charge is -2.27. The van der Waals surface area contributed by atoms with Crippen LogP contribution in [0.3, 0.4) is 0 Å². The van der Waals surface area contributed by atoms with Crippen molar-refractivity contribution in [1.82, 2.24) is 0 Å². The van der Waals surface area contributed by atoms with E-state index in [0.717, 1.165) is 60.9 Å². The van der Waals surface area contributed by atoms with Crippen molar-refractivity contribution < 1.29 is 8.83 Å². The van der Waals surface area contributed by atoms with Gasteiger partial charge in [-0.05, 0) is 72.1 Å². The topological polar surface area (TPSA) is 29.5 Å². The summed E-state index contributed by atoms with van der Waals surface area (Å²) < 4.78 is 15.1. The van der Waals surface area contributed by atoms with Crippen LogP contribution in [0, 0.1) is 0 Å². The van der Waals surface area contributed by atoms with Gasteiger partial charge >= 0.3 is 0 Å². The van der Waals surface area contributed by atoms with E-state index >= 15 is 0 Å². The molecule has 0 aliphatic carbocycles. The van der Waals surface area contributed by atoms with Crippen LogP contribution in [0.15, 0.2) is 148 Å². The first kappa shape index (κ1) is 23.9. The van der Waals surface area contributed by atoms with Gasteiger partial charge in [-0.2, -0.15) is 0 Å². The Labute approximate surface area is 255 Å². The number of anilines is 3. The molecule has 0 fully saturated rings. The number of thiophene rings is 1. The minimum atomic E-state index is 0.888. The number of fused-ring (bicyclic) bond motifs is 11. The zero-order valence-corrected chi connectivity index (χ0v) is 24.3. The van der Waals surface area contributed by atoms with E-state index in [2.05, 4.69) is 120 Å². The van der Waals surface area contributed by atoms with Crippen LogP contribution in [-0.2, 0) is 0 Å². The molecule has 44 heavy (non-hydrogen) atoms. The second kappa shape index (κ2) is 8.96. The molecule has 4 heteroatoms. The van der Waals surface area contributed by atoms with Crippen molar-refractivity contribution in [3.05, 3.63) is 140 Å². The summed E-state index contributed by atoms with van der Waals surface area (Å²) in [6, 6.07) is 49.5. The summed E-state index contributed by atoms with van der Waals surface area (Å²) in [4.78, 5) is 2.39. The SMILES string of the molecule is c1ccc2c(c1)oc1ccc(N(c3ccc4c(c3)sc3ccccc34)c3cccc4c3ccc3oc5ccccc5c34)cc12. The molecule has 206 valence electrons. The molecular weight excluding hydrogens is 559 g/mol. The molecule has 3 aromatic heterocycles. The minimum Gasteiger partial charge on any atom is -0.456 e. The molecule has 0 saturated heterocycles. The monoisotopic (exact) mass is 581 g/mol. The van der Waals surface area contributed by atoms with E-state index in [1.807, 2.05) is 35.6 Å². The van der Waals surface area contributed by atoms with Crippen molar-refractivity contribution in [3.8, 4) is 0 Å². The Morgan fingerprint density at radius 3 is 1.91 bits per heavy atom. The van der Waals surface area contributed by atoms with Gasteiger partial charge in [0.05, 0.1) is 5.69 Å². The lowest BCUT2D eigenvalue weighted by atomic mass is 10.0. The van der Waals surface area contributed by atoms with Gasteiger partial charge in [0.1, 0.15) is 22.3 Å². The lowest BCUT2D eigenvalue weighted by Crippen LogP contribution is -2.10. The van der Waals surface area contributed by atoms with Gasteiger partial charge in [0, 0.05) is 58.5 Å². The van der Waals surface area contributed by atoms with Gasteiger partial charge in [0.15, 0.2) is 0 Å². The summed E-state index contributed by atoms with van der Waals surface area (Å²) in [5.41, 5.74) is 6.90. The van der Waals surface area contributed by atoms with Crippen molar-refractivity contribution in [1.29, 1.82) is 0 Å². The number of benzene rings is 7. The van der Waals surface area contributed by atoms with Crippen LogP contribution in [0.2, 0.25) is 0 Å². The summed E-state index contributed by atoms with van der Waals surface area (Å²) in [7, 11) is 0. The van der Waals surface area contributed by atoms with Gasteiger partial charge in [0.2, 0.25) is 0 Å². The molecule has 0 amide bonds. The molecule has 0 radical (unpaired) electrons. The summed E-state index contributed by atoms with van der Waals surface area (Å²) in [6.07, 6.45) is 0. The quantitative estimate of drug-likeness (QED) is 0.208. The highest BCUT2D eigenvalue weighted by atomic mass is 32.1. The van der Waals surface area contributed by atoms with E-state index in [1.54, 1.807) is 0 Å². The second-order valence-electron chi connectivity index (χ2n) is 11.3. The largest absolute Gasteiger partial charge is 0.456 e. The molecule has 0 saturated carbocycles. The Balaban J connectivity index is 1.28. The third-order valence-electron chi connectivity index (χ3n) is 8.86. The Morgan fingerprint density at radius 2 is 1.00 bits per heavy atom. The maximum absolute atomic E-state index is 6.26. The van der Waals surface area contributed by atoms with Crippen molar-refractivity contribution in [3.63, 3.8) is 0 Å². The maximum Gasteiger partial charge on any atom is 0.136 e. The van der Waals surface area contributed by atoms with E-state index in [0.29, 0.717) is 0 Å². The van der Waals surface area contributed by atoms with Crippen LogP contribution in [0.25, 0.3) is 74.8 Å². The van der Waals surface area contributed by atoms with Gasteiger partial charge < -0.3 is 13.7 Å². The average molecular weight is 582 g/mol. The van der Waals surface area contributed by atoms with Gasteiger partial charge in [-0.3, -0.25) is 0 Å². The Morgan fingerprint density at radius 1 is 0.386 bits per heavy atom. The van der Waals surface area contributed by atoms with Crippen LogP contribution < -0.4 is 4.90 Å². The fraction of sp³-hybridized carbons (Fsp3) is 0. The number of nitrogens with zero attached hydrogens (tertiary/aromatic N) is 1. The molecule has 0 atom stereocenters. The van der Waals surface area contributed by atoms with E-state index in [-0.39, 0.29) is 0 Å². The van der Waals surface area contributed by atoms with E-state index in [1.165, 1.54) is 30.9 Å². The molecule has 7 aromatic carbocycles. The molecule has 0 spiro atoms. The average Bonchev–Trinajstić information content (AvgIpc) is 3.75. The first-order valence-electron chi connectivity index (χ1n) is 14.8. The van der Waals surface area contributed by atoms with Gasteiger partial charge in [0.25, 0.3) is 0 Å². The fourth-order valence-corrected chi connectivity index (χ4v) is 8.03. The second-order valence-corrected chi connectivity index (χ2v) is 12.4. The molecule has 0 aliphatic rings. The summed E-state index contributed by atoms with van der Waals surface area (Å²) in [5.74, 6) is 0. The first-order valence-corrected chi connectivity index (χ1v) is 15.6. The smallest absolute Gasteiger partial charge is 0.136 e. The summed E-state index contributed by atoms with van der Waals surface area (Å²) in [6.45, 7) is 0. The minimum absolute atomic E-state index is 0.888. The van der Waals surface area contributed by atoms with Gasteiger partial charge in [-0.15, -0.1) is 11.3 Å². The number of para-hydroxylation sites is 2. The van der Waals surface area contributed by atoms with E-state index in [9.17, 15) is 0 Å². The van der Waals surface area contributed by atoms with Crippen LogP contribution in [-0.4, -0.2) is 0 Å². The zero-order valence-electron chi connectivity index (χ0n) is 23.5. The molecule has 0 unspecified atom stereocenters. The van der Waals surface area contributed by atoms with Crippen molar-refractivity contribution >= 4 is 103 Å². The van der Waals surface area contributed by atoms with Gasteiger partial charge in [-0.1, -0.05) is 72.8 Å². The van der Waals surface area contributed by atoms with Gasteiger partial charge in [-0.25, -0.2) is 0 Å². The number of rotatable bonds is 3. The van der Waals surface area contributed by atoms with Crippen LogP contribution >= 0.6 is 11.3 Å². The molecule has 10 aromatic rings. The summed E-state index contributed by atoms with van der Waals surface area (Å²) in [5, 5.41) is 9.44. The standard InChI is InChI=1S/C40H23NO2S/c1-4-13-34-27(8-1)32-22-24(17-20-36(32)42-34)41(25-16-18-29-28-9-3-6-15-38(28)44-39(29)23-25)33-12-7-11-30-26(33)19-21-37-40(30)31-10-2-5-14-35(31)43-37/h1-23H. The molecule has 3 nitrogen and oxygen atoms in total. The predicted molar refractivity (Wildman–Crippen MR) is 186 cm³/mol. The van der Waals surface area contributed by atoms with Crippen LogP contribution in [0.4, 0.5) is 17.1 Å². The molecule has 0 N–H and O–H groups in total.